The first-order valence-electron chi connectivity index (χ1n) is 10.1. The average Bonchev–Trinajstić information content (AvgIpc) is 3.04. The fourth-order valence-corrected chi connectivity index (χ4v) is 4.87. The molecule has 164 valence electrons. The number of imide groups is 1. The van der Waals surface area contributed by atoms with Crippen molar-refractivity contribution >= 4 is 35.5 Å². The summed E-state index contributed by atoms with van der Waals surface area (Å²) in [6.45, 7) is 3.52. The maximum absolute atomic E-state index is 13.2. The maximum atomic E-state index is 13.2. The third-order valence-electron chi connectivity index (χ3n) is 5.48. The average molecular weight is 451 g/mol. The number of β-lactam (4-membered cyclic amide) rings is 1. The van der Waals surface area contributed by atoms with Crippen molar-refractivity contribution in [1.82, 2.24) is 9.80 Å². The summed E-state index contributed by atoms with van der Waals surface area (Å²) in [4.78, 5) is 54.2. The summed E-state index contributed by atoms with van der Waals surface area (Å²) in [5.41, 5.74) is 2.14. The number of benzene rings is 2. The molecule has 0 unspecified atom stereocenters. The number of hydrogen-bond donors (Lipinski definition) is 0. The van der Waals surface area contributed by atoms with Crippen LogP contribution >= 0.6 is 11.8 Å². The molecule has 0 radical (unpaired) electrons. The van der Waals surface area contributed by atoms with Crippen LogP contribution in [0, 0.1) is 0 Å². The van der Waals surface area contributed by atoms with Crippen molar-refractivity contribution in [1.29, 1.82) is 0 Å². The summed E-state index contributed by atoms with van der Waals surface area (Å²) < 4.78 is 5.46. The van der Waals surface area contributed by atoms with Gasteiger partial charge < -0.3 is 4.74 Å². The number of fused-ring (bicyclic) bond motifs is 1. The quantitative estimate of drug-likeness (QED) is 0.291. The van der Waals surface area contributed by atoms with Gasteiger partial charge in [0, 0.05) is 0 Å². The number of amides is 3. The molecule has 1 saturated heterocycles. The zero-order valence-electron chi connectivity index (χ0n) is 17.9. The number of nitrogens with zero attached hydrogens (tertiary/aromatic N) is 2. The Bertz CT molecular complexity index is 1110. The van der Waals surface area contributed by atoms with Crippen LogP contribution in [0.15, 0.2) is 65.9 Å². The third kappa shape index (κ3) is 3.50. The molecule has 2 atom stereocenters. The van der Waals surface area contributed by atoms with Crippen LogP contribution in [-0.2, 0) is 20.9 Å². The van der Waals surface area contributed by atoms with Crippen molar-refractivity contribution < 1.29 is 23.9 Å². The van der Waals surface area contributed by atoms with E-state index in [1.54, 1.807) is 44.4 Å². The minimum absolute atomic E-state index is 0.0737. The van der Waals surface area contributed by atoms with Crippen LogP contribution in [0.25, 0.3) is 0 Å². The van der Waals surface area contributed by atoms with Crippen LogP contribution in [0.5, 0.6) is 0 Å². The van der Waals surface area contributed by atoms with E-state index < -0.39 is 35.1 Å². The minimum atomic E-state index is -0.978. The SMILES string of the molecule is CS[C@@H]1[C@H](N2C(=O)c3ccccc3C2=O)C(=O)N1C(C(=O)OCc1ccccc1)=C(C)C. The molecule has 0 aromatic heterocycles. The van der Waals surface area contributed by atoms with Gasteiger partial charge in [-0.3, -0.25) is 24.2 Å². The molecule has 3 amide bonds. The van der Waals surface area contributed by atoms with Crippen LogP contribution in [0.3, 0.4) is 0 Å². The molecule has 8 heteroatoms. The fraction of sp³-hybridized carbons (Fsp3) is 0.250. The summed E-state index contributed by atoms with van der Waals surface area (Å²) >= 11 is 1.30. The van der Waals surface area contributed by atoms with E-state index in [0.29, 0.717) is 5.57 Å². The number of thioether (sulfide) groups is 1. The van der Waals surface area contributed by atoms with Crippen molar-refractivity contribution in [2.24, 2.45) is 0 Å². The van der Waals surface area contributed by atoms with Gasteiger partial charge in [0.2, 0.25) is 0 Å². The van der Waals surface area contributed by atoms with Crippen molar-refractivity contribution in [3.05, 3.63) is 82.6 Å². The Labute approximate surface area is 190 Å². The zero-order valence-corrected chi connectivity index (χ0v) is 18.7. The van der Waals surface area contributed by atoms with Crippen molar-refractivity contribution in [3.8, 4) is 0 Å². The fourth-order valence-electron chi connectivity index (χ4n) is 3.95. The largest absolute Gasteiger partial charge is 0.456 e. The summed E-state index contributed by atoms with van der Waals surface area (Å²) in [7, 11) is 0. The van der Waals surface area contributed by atoms with Gasteiger partial charge in [0.1, 0.15) is 23.7 Å². The minimum Gasteiger partial charge on any atom is -0.456 e. The van der Waals surface area contributed by atoms with Crippen molar-refractivity contribution in [2.75, 3.05) is 6.26 Å². The van der Waals surface area contributed by atoms with Gasteiger partial charge in [-0.25, -0.2) is 4.79 Å². The van der Waals surface area contributed by atoms with Gasteiger partial charge in [-0.05, 0) is 43.4 Å². The molecular weight excluding hydrogens is 428 g/mol. The smallest absolute Gasteiger partial charge is 0.355 e. The molecule has 32 heavy (non-hydrogen) atoms. The van der Waals surface area contributed by atoms with Gasteiger partial charge in [0.15, 0.2) is 0 Å². The van der Waals surface area contributed by atoms with E-state index in [0.717, 1.165) is 10.5 Å². The lowest BCUT2D eigenvalue weighted by Crippen LogP contribution is -2.70. The van der Waals surface area contributed by atoms with E-state index in [2.05, 4.69) is 0 Å². The van der Waals surface area contributed by atoms with Crippen LogP contribution in [-0.4, -0.2) is 51.2 Å². The molecule has 2 aromatic rings. The molecule has 2 aliphatic heterocycles. The highest BCUT2D eigenvalue weighted by Gasteiger charge is 2.58. The molecule has 2 aromatic carbocycles. The molecule has 7 nitrogen and oxygen atoms in total. The Morgan fingerprint density at radius 3 is 2.03 bits per heavy atom. The number of hydrogen-bond acceptors (Lipinski definition) is 6. The molecular formula is C24H22N2O5S. The van der Waals surface area contributed by atoms with Gasteiger partial charge in [-0.1, -0.05) is 42.5 Å². The molecule has 4 rings (SSSR count). The molecule has 1 fully saturated rings. The lowest BCUT2D eigenvalue weighted by atomic mass is 10.0. The van der Waals surface area contributed by atoms with E-state index in [1.165, 1.54) is 16.7 Å². The van der Waals surface area contributed by atoms with E-state index in [-0.39, 0.29) is 23.4 Å². The molecule has 2 heterocycles. The second-order valence-electron chi connectivity index (χ2n) is 7.72. The van der Waals surface area contributed by atoms with Crippen LogP contribution < -0.4 is 0 Å². The molecule has 0 N–H and O–H groups in total. The highest BCUT2D eigenvalue weighted by Crippen LogP contribution is 2.40. The Morgan fingerprint density at radius 1 is 0.938 bits per heavy atom. The van der Waals surface area contributed by atoms with Gasteiger partial charge in [0.05, 0.1) is 11.1 Å². The van der Waals surface area contributed by atoms with Gasteiger partial charge in [-0.15, -0.1) is 11.8 Å². The second-order valence-corrected chi connectivity index (χ2v) is 8.67. The van der Waals surface area contributed by atoms with E-state index in [4.69, 9.17) is 4.74 Å². The van der Waals surface area contributed by atoms with Gasteiger partial charge in [-0.2, -0.15) is 0 Å². The topological polar surface area (TPSA) is 84.0 Å². The predicted molar refractivity (Wildman–Crippen MR) is 119 cm³/mol. The lowest BCUT2D eigenvalue weighted by molar-refractivity contribution is -0.154. The second kappa shape index (κ2) is 8.63. The number of carbonyl (C=O) groups excluding carboxylic acids is 4. The molecule has 0 aliphatic carbocycles. The third-order valence-corrected chi connectivity index (χ3v) is 6.43. The Morgan fingerprint density at radius 2 is 1.50 bits per heavy atom. The molecule has 0 bridgehead atoms. The number of carbonyl (C=O) groups is 4. The van der Waals surface area contributed by atoms with E-state index >= 15 is 0 Å². The Kier molecular flexibility index (Phi) is 5.88. The number of rotatable bonds is 6. The molecule has 2 aliphatic rings. The van der Waals surface area contributed by atoms with E-state index in [9.17, 15) is 19.2 Å². The maximum Gasteiger partial charge on any atom is 0.355 e. The summed E-state index contributed by atoms with van der Waals surface area (Å²) in [5.74, 6) is -2.09. The summed E-state index contributed by atoms with van der Waals surface area (Å²) in [6, 6.07) is 14.8. The van der Waals surface area contributed by atoms with Crippen molar-refractivity contribution in [3.63, 3.8) is 0 Å². The Balaban J connectivity index is 1.56. The number of allylic oxidation sites excluding steroid dienone is 1. The first kappa shape index (κ1) is 21.8. The normalized spacial score (nSPS) is 19.5. The standard InChI is InChI=1S/C24H22N2O5S/c1-14(2)18(24(30)31-13-15-9-5-4-6-10-15)26-22(29)19(23(26)32-3)25-20(27)16-11-7-8-12-17(16)21(25)28/h4-12,19,23H,13H2,1-3H3/t19-,23-/m1/s1. The first-order valence-corrected chi connectivity index (χ1v) is 11.4. The molecule has 0 spiro atoms. The van der Waals surface area contributed by atoms with Crippen LogP contribution in [0.4, 0.5) is 0 Å². The zero-order chi connectivity index (χ0) is 23.0. The van der Waals surface area contributed by atoms with Crippen molar-refractivity contribution in [2.45, 2.75) is 31.9 Å². The highest BCUT2D eigenvalue weighted by atomic mass is 32.2. The van der Waals surface area contributed by atoms with E-state index in [1.807, 2.05) is 30.3 Å². The molecule has 0 saturated carbocycles. The van der Waals surface area contributed by atoms with Crippen LogP contribution in [0.1, 0.15) is 40.1 Å². The summed E-state index contributed by atoms with van der Waals surface area (Å²) in [6.07, 6.45) is 1.77. The van der Waals surface area contributed by atoms with Gasteiger partial charge in [0.25, 0.3) is 17.7 Å². The lowest BCUT2D eigenvalue weighted by Gasteiger charge is -2.49. The number of ether oxygens (including phenoxy) is 1. The monoisotopic (exact) mass is 450 g/mol. The first-order chi connectivity index (χ1) is 15.4. The number of esters is 1. The highest BCUT2D eigenvalue weighted by molar-refractivity contribution is 7.99. The Hall–Kier alpha value is -3.39. The number of likely N-dealkylation sites (tertiary alicyclic amines) is 1. The van der Waals surface area contributed by atoms with Gasteiger partial charge >= 0.3 is 5.97 Å². The predicted octanol–water partition coefficient (Wildman–Crippen LogP) is 3.22. The summed E-state index contributed by atoms with van der Waals surface area (Å²) in [5, 5.41) is -0.584. The van der Waals surface area contributed by atoms with Crippen LogP contribution in [0.2, 0.25) is 0 Å².